The standard InChI is InChI=1S/C12H22O2/c1-9-4-6-10(7-5-9)12(13)11-3-2-8-14-11/h9-13H,2-8H2,1H3. The van der Waals surface area contributed by atoms with Gasteiger partial charge in [-0.2, -0.15) is 0 Å². The van der Waals surface area contributed by atoms with E-state index in [-0.39, 0.29) is 12.2 Å². The Morgan fingerprint density at radius 3 is 2.43 bits per heavy atom. The van der Waals surface area contributed by atoms with Crippen molar-refractivity contribution >= 4 is 0 Å². The van der Waals surface area contributed by atoms with Crippen LogP contribution in [0.25, 0.3) is 0 Å². The zero-order chi connectivity index (χ0) is 9.97. The molecule has 0 bridgehead atoms. The third-order valence-electron chi connectivity index (χ3n) is 3.89. The van der Waals surface area contributed by atoms with Crippen molar-refractivity contribution < 1.29 is 9.84 Å². The lowest BCUT2D eigenvalue weighted by molar-refractivity contribution is -0.0428. The molecule has 82 valence electrons. The number of ether oxygens (including phenoxy) is 1. The summed E-state index contributed by atoms with van der Waals surface area (Å²) in [6, 6.07) is 0. The Hall–Kier alpha value is -0.0800. The first-order valence-corrected chi connectivity index (χ1v) is 6.07. The third-order valence-corrected chi connectivity index (χ3v) is 3.89. The second kappa shape index (κ2) is 4.63. The summed E-state index contributed by atoms with van der Waals surface area (Å²) in [7, 11) is 0. The van der Waals surface area contributed by atoms with Crippen molar-refractivity contribution in [2.75, 3.05) is 6.61 Å². The van der Waals surface area contributed by atoms with Gasteiger partial charge in [-0.1, -0.05) is 19.8 Å². The zero-order valence-electron chi connectivity index (χ0n) is 9.11. The van der Waals surface area contributed by atoms with E-state index in [0.717, 1.165) is 25.4 Å². The van der Waals surface area contributed by atoms with Crippen LogP contribution in [0.5, 0.6) is 0 Å². The van der Waals surface area contributed by atoms with Crippen LogP contribution in [0.3, 0.4) is 0 Å². The van der Waals surface area contributed by atoms with Gasteiger partial charge in [0.25, 0.3) is 0 Å². The average molecular weight is 198 g/mol. The van der Waals surface area contributed by atoms with Gasteiger partial charge in [-0.25, -0.2) is 0 Å². The van der Waals surface area contributed by atoms with Crippen LogP contribution >= 0.6 is 0 Å². The van der Waals surface area contributed by atoms with Gasteiger partial charge in [-0.05, 0) is 37.5 Å². The Bertz CT molecular complexity index is 167. The van der Waals surface area contributed by atoms with Crippen LogP contribution in [0.4, 0.5) is 0 Å². The second-order valence-corrected chi connectivity index (χ2v) is 5.06. The van der Waals surface area contributed by atoms with Gasteiger partial charge in [0.1, 0.15) is 0 Å². The van der Waals surface area contributed by atoms with Gasteiger partial charge in [0.05, 0.1) is 12.2 Å². The summed E-state index contributed by atoms with van der Waals surface area (Å²) in [6.45, 7) is 3.17. The number of hydrogen-bond acceptors (Lipinski definition) is 2. The fourth-order valence-electron chi connectivity index (χ4n) is 2.80. The normalized spacial score (nSPS) is 41.1. The molecule has 1 heterocycles. The van der Waals surface area contributed by atoms with Gasteiger partial charge in [0.15, 0.2) is 0 Å². The summed E-state index contributed by atoms with van der Waals surface area (Å²) < 4.78 is 5.54. The topological polar surface area (TPSA) is 29.5 Å². The maximum Gasteiger partial charge on any atom is 0.0837 e. The molecule has 2 rings (SSSR count). The van der Waals surface area contributed by atoms with Crippen molar-refractivity contribution in [3.8, 4) is 0 Å². The molecule has 0 spiro atoms. The molecule has 2 nitrogen and oxygen atoms in total. The first-order valence-electron chi connectivity index (χ1n) is 6.07. The highest BCUT2D eigenvalue weighted by Gasteiger charge is 2.32. The molecule has 0 aromatic rings. The molecule has 0 aromatic carbocycles. The molecule has 0 aromatic heterocycles. The van der Waals surface area contributed by atoms with E-state index in [1.165, 1.54) is 25.7 Å². The van der Waals surface area contributed by atoms with Crippen molar-refractivity contribution in [3.05, 3.63) is 0 Å². The lowest BCUT2D eigenvalue weighted by atomic mass is 9.78. The minimum atomic E-state index is -0.190. The van der Waals surface area contributed by atoms with E-state index in [9.17, 15) is 5.11 Å². The Morgan fingerprint density at radius 2 is 1.86 bits per heavy atom. The molecule has 1 saturated carbocycles. The minimum Gasteiger partial charge on any atom is -0.390 e. The SMILES string of the molecule is CC1CCC(C(O)C2CCCO2)CC1. The van der Waals surface area contributed by atoms with Crippen molar-refractivity contribution in [2.45, 2.75) is 57.7 Å². The Kier molecular flexibility index (Phi) is 3.45. The van der Waals surface area contributed by atoms with E-state index in [1.54, 1.807) is 0 Å². The molecule has 14 heavy (non-hydrogen) atoms. The summed E-state index contributed by atoms with van der Waals surface area (Å²) in [5.41, 5.74) is 0. The monoisotopic (exact) mass is 198 g/mol. The molecule has 1 saturated heterocycles. The molecule has 1 aliphatic carbocycles. The summed E-state index contributed by atoms with van der Waals surface area (Å²) in [6.07, 6.45) is 7.11. The van der Waals surface area contributed by atoms with E-state index < -0.39 is 0 Å². The fraction of sp³-hybridized carbons (Fsp3) is 1.00. The molecular weight excluding hydrogens is 176 g/mol. The zero-order valence-corrected chi connectivity index (χ0v) is 9.11. The fourth-order valence-corrected chi connectivity index (χ4v) is 2.80. The molecule has 0 radical (unpaired) electrons. The van der Waals surface area contributed by atoms with E-state index in [1.807, 2.05) is 0 Å². The summed E-state index contributed by atoms with van der Waals surface area (Å²) in [5, 5.41) is 10.1. The van der Waals surface area contributed by atoms with Crippen LogP contribution < -0.4 is 0 Å². The molecule has 2 fully saturated rings. The maximum atomic E-state index is 10.1. The van der Waals surface area contributed by atoms with E-state index >= 15 is 0 Å². The highest BCUT2D eigenvalue weighted by Crippen LogP contribution is 2.33. The van der Waals surface area contributed by atoms with Gasteiger partial charge in [0.2, 0.25) is 0 Å². The molecule has 1 aliphatic heterocycles. The first-order chi connectivity index (χ1) is 6.77. The van der Waals surface area contributed by atoms with Crippen molar-refractivity contribution in [1.82, 2.24) is 0 Å². The lowest BCUT2D eigenvalue weighted by Gasteiger charge is -2.32. The maximum absolute atomic E-state index is 10.1. The van der Waals surface area contributed by atoms with E-state index in [0.29, 0.717) is 5.92 Å². The van der Waals surface area contributed by atoms with Crippen molar-refractivity contribution in [1.29, 1.82) is 0 Å². The predicted molar refractivity (Wildman–Crippen MR) is 56.1 cm³/mol. The minimum absolute atomic E-state index is 0.147. The molecule has 2 atom stereocenters. The number of hydrogen-bond donors (Lipinski definition) is 1. The first kappa shape index (κ1) is 10.4. The van der Waals surface area contributed by atoms with E-state index in [4.69, 9.17) is 4.74 Å². The molecule has 1 N–H and O–H groups in total. The van der Waals surface area contributed by atoms with Gasteiger partial charge in [-0.15, -0.1) is 0 Å². The van der Waals surface area contributed by atoms with Gasteiger partial charge < -0.3 is 9.84 Å². The quantitative estimate of drug-likeness (QED) is 0.738. The van der Waals surface area contributed by atoms with Crippen molar-refractivity contribution in [2.24, 2.45) is 11.8 Å². The number of rotatable bonds is 2. The van der Waals surface area contributed by atoms with Crippen LogP contribution in [-0.2, 0) is 4.74 Å². The van der Waals surface area contributed by atoms with Crippen molar-refractivity contribution in [3.63, 3.8) is 0 Å². The largest absolute Gasteiger partial charge is 0.390 e. The Morgan fingerprint density at radius 1 is 1.14 bits per heavy atom. The van der Waals surface area contributed by atoms with Crippen LogP contribution in [0, 0.1) is 11.8 Å². The Labute approximate surface area is 86.6 Å². The smallest absolute Gasteiger partial charge is 0.0837 e. The molecule has 2 unspecified atom stereocenters. The predicted octanol–water partition coefficient (Wildman–Crippen LogP) is 2.35. The lowest BCUT2D eigenvalue weighted by Crippen LogP contribution is -2.35. The highest BCUT2D eigenvalue weighted by atomic mass is 16.5. The van der Waals surface area contributed by atoms with Crippen LogP contribution in [0.1, 0.15) is 45.4 Å². The van der Waals surface area contributed by atoms with E-state index in [2.05, 4.69) is 6.92 Å². The summed E-state index contributed by atoms with van der Waals surface area (Å²) >= 11 is 0. The van der Waals surface area contributed by atoms with Crippen LogP contribution in [0.15, 0.2) is 0 Å². The van der Waals surface area contributed by atoms with Gasteiger partial charge in [-0.3, -0.25) is 0 Å². The van der Waals surface area contributed by atoms with Gasteiger partial charge >= 0.3 is 0 Å². The molecule has 0 amide bonds. The Balaban J connectivity index is 1.82. The van der Waals surface area contributed by atoms with Crippen LogP contribution in [0.2, 0.25) is 0 Å². The second-order valence-electron chi connectivity index (χ2n) is 5.06. The van der Waals surface area contributed by atoms with Gasteiger partial charge in [0, 0.05) is 6.61 Å². The van der Waals surface area contributed by atoms with Crippen LogP contribution in [-0.4, -0.2) is 23.9 Å². The summed E-state index contributed by atoms with van der Waals surface area (Å²) in [4.78, 5) is 0. The summed E-state index contributed by atoms with van der Waals surface area (Å²) in [5.74, 6) is 1.37. The number of aliphatic hydroxyl groups is 1. The molecule has 2 aliphatic rings. The average Bonchev–Trinajstić information content (AvgIpc) is 2.71. The number of aliphatic hydroxyl groups excluding tert-OH is 1. The molecular formula is C12H22O2. The highest BCUT2D eigenvalue weighted by molar-refractivity contribution is 4.83. The third kappa shape index (κ3) is 2.29. The molecule has 2 heteroatoms.